The maximum Gasteiger partial charge on any atom is 0.250 e. The van der Waals surface area contributed by atoms with Crippen LogP contribution in [0.5, 0.6) is 0 Å². The summed E-state index contributed by atoms with van der Waals surface area (Å²) >= 11 is 0. The smallest absolute Gasteiger partial charge is 0.250 e. The summed E-state index contributed by atoms with van der Waals surface area (Å²) in [4.78, 5) is 16.7. The van der Waals surface area contributed by atoms with Gasteiger partial charge in [-0.2, -0.15) is 5.10 Å². The summed E-state index contributed by atoms with van der Waals surface area (Å²) < 4.78 is 3.76. The molecule has 1 aromatic carbocycles. The molecule has 134 valence electrons. The normalized spacial score (nSPS) is 13.9. The maximum absolute atomic E-state index is 11.9. The van der Waals surface area contributed by atoms with Crippen LogP contribution in [-0.2, 0) is 13.0 Å². The summed E-state index contributed by atoms with van der Waals surface area (Å²) in [6.07, 6.45) is 5.88. The summed E-state index contributed by atoms with van der Waals surface area (Å²) in [5.74, 6) is 2.48. The molecule has 0 amide bonds. The highest BCUT2D eigenvalue weighted by Gasteiger charge is 2.29. The minimum atomic E-state index is 0.0435. The van der Waals surface area contributed by atoms with E-state index >= 15 is 0 Å². The predicted octanol–water partition coefficient (Wildman–Crippen LogP) is 3.56. The van der Waals surface area contributed by atoms with Crippen LogP contribution in [0.1, 0.15) is 48.0 Å². The zero-order valence-electron chi connectivity index (χ0n) is 15.4. The van der Waals surface area contributed by atoms with Crippen molar-refractivity contribution >= 4 is 0 Å². The summed E-state index contributed by atoms with van der Waals surface area (Å²) in [5, 5.41) is 4.81. The highest BCUT2D eigenvalue weighted by atomic mass is 16.1. The van der Waals surface area contributed by atoms with Crippen molar-refractivity contribution in [2.75, 3.05) is 0 Å². The van der Waals surface area contributed by atoms with Gasteiger partial charge in [0.1, 0.15) is 5.82 Å². The van der Waals surface area contributed by atoms with E-state index in [4.69, 9.17) is 10.1 Å². The standard InChI is InChI=1S/C21H24N4O/c1-15-8-11-18(16(2)14-15)25-19(22-21(23-25)17-9-10-17)6-5-13-24-12-4-3-7-20(24)26/h3-4,7-8,11-12,14,17H,5-6,9-10,13H2,1-2H3. The van der Waals surface area contributed by atoms with E-state index in [2.05, 4.69) is 32.0 Å². The monoisotopic (exact) mass is 348 g/mol. The van der Waals surface area contributed by atoms with E-state index in [-0.39, 0.29) is 5.56 Å². The lowest BCUT2D eigenvalue weighted by molar-refractivity contribution is 0.603. The third-order valence-electron chi connectivity index (χ3n) is 4.91. The van der Waals surface area contributed by atoms with Gasteiger partial charge in [0, 0.05) is 31.1 Å². The average molecular weight is 348 g/mol. The largest absolute Gasteiger partial charge is 0.316 e. The van der Waals surface area contributed by atoms with Crippen molar-refractivity contribution in [3.05, 3.63) is 75.7 Å². The second-order valence-electron chi connectivity index (χ2n) is 7.20. The average Bonchev–Trinajstić information content (AvgIpc) is 3.38. The molecule has 1 saturated carbocycles. The molecule has 3 aromatic rings. The van der Waals surface area contributed by atoms with Gasteiger partial charge in [-0.3, -0.25) is 4.79 Å². The first-order valence-electron chi connectivity index (χ1n) is 9.31. The van der Waals surface area contributed by atoms with E-state index in [1.807, 2.05) is 16.9 Å². The van der Waals surface area contributed by atoms with Gasteiger partial charge >= 0.3 is 0 Å². The molecule has 1 fully saturated rings. The zero-order chi connectivity index (χ0) is 18.1. The maximum atomic E-state index is 11.9. The minimum absolute atomic E-state index is 0.0435. The fourth-order valence-electron chi connectivity index (χ4n) is 3.33. The SMILES string of the molecule is Cc1ccc(-n2nc(C3CC3)nc2CCCn2ccccc2=O)c(C)c1. The number of hydrogen-bond acceptors (Lipinski definition) is 3. The molecule has 4 rings (SSSR count). The van der Waals surface area contributed by atoms with Gasteiger partial charge in [0.25, 0.3) is 0 Å². The number of pyridine rings is 1. The molecule has 0 spiro atoms. The second-order valence-corrected chi connectivity index (χ2v) is 7.20. The van der Waals surface area contributed by atoms with Gasteiger partial charge in [-0.05, 0) is 50.8 Å². The molecule has 1 aliphatic carbocycles. The number of nitrogens with zero attached hydrogens (tertiary/aromatic N) is 4. The van der Waals surface area contributed by atoms with Gasteiger partial charge < -0.3 is 4.57 Å². The van der Waals surface area contributed by atoms with E-state index in [1.165, 1.54) is 24.0 Å². The van der Waals surface area contributed by atoms with Crippen molar-refractivity contribution in [1.82, 2.24) is 19.3 Å². The highest BCUT2D eigenvalue weighted by Crippen LogP contribution is 2.38. The first-order valence-corrected chi connectivity index (χ1v) is 9.31. The fourth-order valence-corrected chi connectivity index (χ4v) is 3.33. The molecule has 0 atom stereocenters. The third-order valence-corrected chi connectivity index (χ3v) is 4.91. The molecule has 2 aromatic heterocycles. The number of rotatable bonds is 6. The Morgan fingerprint density at radius 3 is 2.73 bits per heavy atom. The van der Waals surface area contributed by atoms with Crippen LogP contribution < -0.4 is 5.56 Å². The molecule has 0 radical (unpaired) electrons. The molecular formula is C21H24N4O. The van der Waals surface area contributed by atoms with Crippen LogP contribution in [0.15, 0.2) is 47.4 Å². The van der Waals surface area contributed by atoms with Crippen molar-refractivity contribution < 1.29 is 0 Å². The van der Waals surface area contributed by atoms with Gasteiger partial charge in [0.05, 0.1) is 5.69 Å². The Labute approximate surface area is 153 Å². The lowest BCUT2D eigenvalue weighted by Gasteiger charge is -2.10. The number of benzene rings is 1. The van der Waals surface area contributed by atoms with Crippen LogP contribution >= 0.6 is 0 Å². The summed E-state index contributed by atoms with van der Waals surface area (Å²) in [5.41, 5.74) is 3.60. The lowest BCUT2D eigenvalue weighted by atomic mass is 10.1. The lowest BCUT2D eigenvalue weighted by Crippen LogP contribution is -2.18. The predicted molar refractivity (Wildman–Crippen MR) is 102 cm³/mol. The van der Waals surface area contributed by atoms with Gasteiger partial charge in [0.15, 0.2) is 5.82 Å². The summed E-state index contributed by atoms with van der Waals surface area (Å²) in [6, 6.07) is 11.7. The fraction of sp³-hybridized carbons (Fsp3) is 0.381. The molecule has 5 heteroatoms. The Morgan fingerprint density at radius 2 is 2.00 bits per heavy atom. The van der Waals surface area contributed by atoms with E-state index in [9.17, 15) is 4.79 Å². The highest BCUT2D eigenvalue weighted by molar-refractivity contribution is 5.42. The quantitative estimate of drug-likeness (QED) is 0.684. The molecule has 0 unspecified atom stereocenters. The van der Waals surface area contributed by atoms with E-state index < -0.39 is 0 Å². The topological polar surface area (TPSA) is 52.7 Å². The van der Waals surface area contributed by atoms with Gasteiger partial charge in [-0.15, -0.1) is 0 Å². The Balaban J connectivity index is 1.58. The van der Waals surface area contributed by atoms with Crippen LogP contribution in [0.3, 0.4) is 0 Å². The van der Waals surface area contributed by atoms with Crippen LogP contribution in [0.4, 0.5) is 0 Å². The Hall–Kier alpha value is -2.69. The summed E-state index contributed by atoms with van der Waals surface area (Å²) in [7, 11) is 0. The first-order chi connectivity index (χ1) is 12.6. The van der Waals surface area contributed by atoms with Gasteiger partial charge in [-0.25, -0.2) is 9.67 Å². The molecule has 0 aliphatic heterocycles. The second kappa shape index (κ2) is 6.90. The first kappa shape index (κ1) is 16.8. The molecule has 0 N–H and O–H groups in total. The Bertz CT molecular complexity index is 982. The Kier molecular flexibility index (Phi) is 4.45. The van der Waals surface area contributed by atoms with Crippen molar-refractivity contribution in [2.24, 2.45) is 0 Å². The van der Waals surface area contributed by atoms with E-state index in [0.29, 0.717) is 12.5 Å². The molecular weight excluding hydrogens is 324 g/mol. The molecule has 0 bridgehead atoms. The van der Waals surface area contributed by atoms with Crippen LogP contribution in [0, 0.1) is 13.8 Å². The third kappa shape index (κ3) is 3.47. The van der Waals surface area contributed by atoms with Crippen LogP contribution in [0.2, 0.25) is 0 Å². The van der Waals surface area contributed by atoms with E-state index in [0.717, 1.165) is 30.2 Å². The summed E-state index contributed by atoms with van der Waals surface area (Å²) in [6.45, 7) is 4.92. The molecule has 2 heterocycles. The van der Waals surface area contributed by atoms with Crippen LogP contribution in [0.25, 0.3) is 5.69 Å². The van der Waals surface area contributed by atoms with Crippen molar-refractivity contribution in [3.8, 4) is 5.69 Å². The Morgan fingerprint density at radius 1 is 1.15 bits per heavy atom. The molecule has 26 heavy (non-hydrogen) atoms. The van der Waals surface area contributed by atoms with Gasteiger partial charge in [0.2, 0.25) is 5.56 Å². The van der Waals surface area contributed by atoms with Crippen molar-refractivity contribution in [1.29, 1.82) is 0 Å². The van der Waals surface area contributed by atoms with E-state index in [1.54, 1.807) is 16.7 Å². The van der Waals surface area contributed by atoms with Gasteiger partial charge in [-0.1, -0.05) is 23.8 Å². The van der Waals surface area contributed by atoms with Crippen LogP contribution in [-0.4, -0.2) is 19.3 Å². The van der Waals surface area contributed by atoms with Crippen molar-refractivity contribution in [2.45, 2.75) is 52.0 Å². The number of aryl methyl sites for hydroxylation is 4. The molecule has 5 nitrogen and oxygen atoms in total. The zero-order valence-corrected chi connectivity index (χ0v) is 15.4. The number of aromatic nitrogens is 4. The number of hydrogen-bond donors (Lipinski definition) is 0. The molecule has 1 aliphatic rings. The minimum Gasteiger partial charge on any atom is -0.316 e. The van der Waals surface area contributed by atoms with Crippen molar-refractivity contribution in [3.63, 3.8) is 0 Å². The molecule has 0 saturated heterocycles.